The first-order valence-electron chi connectivity index (χ1n) is 5.47. The van der Waals surface area contributed by atoms with E-state index in [1.54, 1.807) is 18.5 Å². The van der Waals surface area contributed by atoms with E-state index in [0.717, 1.165) is 20.5 Å². The van der Waals surface area contributed by atoms with E-state index in [0.29, 0.717) is 0 Å². The Bertz CT molecular complexity index is 694. The van der Waals surface area contributed by atoms with Crippen molar-refractivity contribution in [3.63, 3.8) is 0 Å². The van der Waals surface area contributed by atoms with Crippen LogP contribution in [0.25, 0.3) is 20.5 Å². The van der Waals surface area contributed by atoms with Gasteiger partial charge < -0.3 is 4.74 Å². The molecule has 0 spiro atoms. The average molecular weight is 292 g/mol. The van der Waals surface area contributed by atoms with E-state index < -0.39 is 0 Å². The van der Waals surface area contributed by atoms with Crippen LogP contribution in [0.2, 0.25) is 0 Å². The third-order valence-corrected chi connectivity index (χ3v) is 4.52. The van der Waals surface area contributed by atoms with Crippen molar-refractivity contribution in [1.29, 1.82) is 0 Å². The van der Waals surface area contributed by atoms with Crippen molar-refractivity contribution in [2.24, 2.45) is 0 Å². The molecule has 0 aliphatic rings. The third kappa shape index (κ3) is 2.36. The van der Waals surface area contributed by atoms with Crippen LogP contribution in [0, 0.1) is 5.82 Å². The fourth-order valence-electron chi connectivity index (χ4n) is 1.66. The summed E-state index contributed by atoms with van der Waals surface area (Å²) in [5, 5.41) is 3.63. The minimum Gasteiger partial charge on any atom is -0.494 e. The number of hydrogen-bond acceptors (Lipinski definition) is 5. The first kappa shape index (κ1) is 12.3. The molecular formula is C13H9FN2OS2. The summed E-state index contributed by atoms with van der Waals surface area (Å²) >= 11 is 3.03. The summed E-state index contributed by atoms with van der Waals surface area (Å²) in [4.78, 5) is 9.44. The molecule has 0 saturated carbocycles. The number of ether oxygens (including phenoxy) is 1. The molecule has 0 aliphatic carbocycles. The van der Waals surface area contributed by atoms with E-state index in [-0.39, 0.29) is 11.6 Å². The van der Waals surface area contributed by atoms with E-state index in [1.165, 1.54) is 35.8 Å². The molecule has 2 heterocycles. The van der Waals surface area contributed by atoms with Gasteiger partial charge in [0, 0.05) is 17.8 Å². The van der Waals surface area contributed by atoms with Gasteiger partial charge >= 0.3 is 0 Å². The Hall–Kier alpha value is -1.79. The van der Waals surface area contributed by atoms with Gasteiger partial charge in [-0.25, -0.2) is 14.4 Å². The fraction of sp³-hybridized carbons (Fsp3) is 0.0769. The minimum atomic E-state index is -0.371. The maximum absolute atomic E-state index is 13.7. The van der Waals surface area contributed by atoms with Crippen molar-refractivity contribution in [3.8, 4) is 26.2 Å². The number of methoxy groups -OCH3 is 1. The van der Waals surface area contributed by atoms with Gasteiger partial charge in [-0.3, -0.25) is 0 Å². The molecule has 0 fully saturated rings. The summed E-state index contributed by atoms with van der Waals surface area (Å²) in [5.41, 5.74) is 0.790. The third-order valence-electron chi connectivity index (χ3n) is 2.56. The van der Waals surface area contributed by atoms with Crippen LogP contribution in [0.1, 0.15) is 0 Å². The van der Waals surface area contributed by atoms with E-state index in [1.807, 2.05) is 11.4 Å². The second-order valence-electron chi connectivity index (χ2n) is 3.72. The first-order valence-corrected chi connectivity index (χ1v) is 7.17. The van der Waals surface area contributed by atoms with Crippen LogP contribution in [-0.2, 0) is 0 Å². The molecule has 6 heteroatoms. The Morgan fingerprint density at radius 2 is 2.11 bits per heavy atom. The van der Waals surface area contributed by atoms with Crippen molar-refractivity contribution in [3.05, 3.63) is 41.8 Å². The molecule has 96 valence electrons. The van der Waals surface area contributed by atoms with Gasteiger partial charge in [-0.05, 0) is 23.8 Å². The first-order chi connectivity index (χ1) is 9.28. The van der Waals surface area contributed by atoms with Crippen molar-refractivity contribution < 1.29 is 9.13 Å². The van der Waals surface area contributed by atoms with Crippen LogP contribution < -0.4 is 4.74 Å². The highest BCUT2D eigenvalue weighted by atomic mass is 32.1. The number of hydrogen-bond donors (Lipinski definition) is 0. The molecule has 3 aromatic rings. The zero-order valence-electron chi connectivity index (χ0n) is 9.96. The lowest BCUT2D eigenvalue weighted by Gasteiger charge is -2.02. The fourth-order valence-corrected chi connectivity index (χ4v) is 3.25. The smallest absolute Gasteiger partial charge is 0.165 e. The lowest BCUT2D eigenvalue weighted by atomic mass is 10.2. The van der Waals surface area contributed by atoms with E-state index in [4.69, 9.17) is 4.74 Å². The molecular weight excluding hydrogens is 283 g/mol. The Morgan fingerprint density at radius 3 is 2.79 bits per heavy atom. The van der Waals surface area contributed by atoms with Crippen molar-refractivity contribution >= 4 is 22.7 Å². The van der Waals surface area contributed by atoms with Crippen LogP contribution in [0.3, 0.4) is 0 Å². The van der Waals surface area contributed by atoms with Crippen molar-refractivity contribution in [2.45, 2.75) is 0 Å². The van der Waals surface area contributed by atoms with Crippen LogP contribution in [-0.4, -0.2) is 17.1 Å². The van der Waals surface area contributed by atoms with Gasteiger partial charge in [0.2, 0.25) is 0 Å². The summed E-state index contributed by atoms with van der Waals surface area (Å²) < 4.78 is 18.6. The number of rotatable bonds is 3. The Labute approximate surface area is 117 Å². The molecule has 0 amide bonds. The van der Waals surface area contributed by atoms with Gasteiger partial charge in [-0.15, -0.1) is 22.7 Å². The highest BCUT2D eigenvalue weighted by molar-refractivity contribution is 7.22. The van der Waals surface area contributed by atoms with E-state index in [2.05, 4.69) is 9.97 Å². The normalized spacial score (nSPS) is 10.6. The summed E-state index contributed by atoms with van der Waals surface area (Å²) in [6.07, 6.45) is 3.48. The topological polar surface area (TPSA) is 35.0 Å². The molecule has 0 bridgehead atoms. The Morgan fingerprint density at radius 1 is 1.21 bits per heavy atom. The zero-order chi connectivity index (χ0) is 13.2. The highest BCUT2D eigenvalue weighted by Crippen LogP contribution is 2.34. The van der Waals surface area contributed by atoms with Crippen LogP contribution in [0.4, 0.5) is 4.39 Å². The number of benzene rings is 1. The molecule has 0 saturated heterocycles. The van der Waals surface area contributed by atoms with Crippen LogP contribution >= 0.6 is 22.7 Å². The molecule has 1 aromatic carbocycles. The molecule has 0 atom stereocenters. The maximum Gasteiger partial charge on any atom is 0.165 e. The Kier molecular flexibility index (Phi) is 3.27. The summed E-state index contributed by atoms with van der Waals surface area (Å²) in [6.45, 7) is 0. The van der Waals surface area contributed by atoms with Gasteiger partial charge in [-0.2, -0.15) is 0 Å². The van der Waals surface area contributed by atoms with Crippen molar-refractivity contribution in [1.82, 2.24) is 9.97 Å². The monoisotopic (exact) mass is 292 g/mol. The quantitative estimate of drug-likeness (QED) is 0.729. The molecule has 0 radical (unpaired) electrons. The molecule has 0 aliphatic heterocycles. The average Bonchev–Trinajstić information content (AvgIpc) is 3.09. The Balaban J connectivity index is 1.97. The number of nitrogens with zero attached hydrogens (tertiary/aromatic N) is 2. The predicted octanol–water partition coefficient (Wildman–Crippen LogP) is 4.08. The maximum atomic E-state index is 13.7. The van der Waals surface area contributed by atoms with Crippen LogP contribution in [0.15, 0.2) is 36.0 Å². The van der Waals surface area contributed by atoms with Crippen LogP contribution in [0.5, 0.6) is 5.75 Å². The van der Waals surface area contributed by atoms with Gasteiger partial charge in [-0.1, -0.05) is 0 Å². The molecule has 2 aromatic heterocycles. The SMILES string of the molecule is COc1ccc(-c2cnc(-c3nccs3)s2)cc1F. The minimum absolute atomic E-state index is 0.244. The van der Waals surface area contributed by atoms with E-state index >= 15 is 0 Å². The standard InChI is InChI=1S/C13H9FN2OS2/c1-17-10-3-2-8(6-9(10)14)11-7-16-13(19-11)12-15-4-5-18-12/h2-7H,1H3. The lowest BCUT2D eigenvalue weighted by Crippen LogP contribution is -1.87. The van der Waals surface area contributed by atoms with Gasteiger partial charge in [0.25, 0.3) is 0 Å². The summed E-state index contributed by atoms with van der Waals surface area (Å²) in [5.74, 6) is -0.127. The van der Waals surface area contributed by atoms with Gasteiger partial charge in [0.05, 0.1) is 12.0 Å². The summed E-state index contributed by atoms with van der Waals surface area (Å²) in [6, 6.07) is 4.90. The summed E-state index contributed by atoms with van der Waals surface area (Å²) in [7, 11) is 1.45. The van der Waals surface area contributed by atoms with Gasteiger partial charge in [0.15, 0.2) is 21.6 Å². The number of thiazole rings is 2. The largest absolute Gasteiger partial charge is 0.494 e. The molecule has 3 rings (SSSR count). The second-order valence-corrected chi connectivity index (χ2v) is 5.64. The zero-order valence-corrected chi connectivity index (χ0v) is 11.6. The van der Waals surface area contributed by atoms with Crippen molar-refractivity contribution in [2.75, 3.05) is 7.11 Å². The van der Waals surface area contributed by atoms with Gasteiger partial charge in [0.1, 0.15) is 0 Å². The molecule has 3 nitrogen and oxygen atoms in total. The molecule has 0 N–H and O–H groups in total. The second kappa shape index (κ2) is 5.07. The number of aromatic nitrogens is 2. The molecule has 0 unspecified atom stereocenters. The molecule has 19 heavy (non-hydrogen) atoms. The highest BCUT2D eigenvalue weighted by Gasteiger charge is 2.10. The predicted molar refractivity (Wildman–Crippen MR) is 75.2 cm³/mol. The lowest BCUT2D eigenvalue weighted by molar-refractivity contribution is 0.386. The van der Waals surface area contributed by atoms with E-state index in [9.17, 15) is 4.39 Å². The number of halogens is 1.